The molecule has 9 heteroatoms. The van der Waals surface area contributed by atoms with Gasteiger partial charge in [0.25, 0.3) is 5.91 Å². The largest absolute Gasteiger partial charge is 0.481 e. The number of halogens is 2. The highest BCUT2D eigenvalue weighted by Crippen LogP contribution is 2.20. The molecule has 0 saturated carbocycles. The summed E-state index contributed by atoms with van der Waals surface area (Å²) in [6.45, 7) is -0.0418. The van der Waals surface area contributed by atoms with Gasteiger partial charge in [0.1, 0.15) is 6.04 Å². The average Bonchev–Trinajstić information content (AvgIpc) is 2.53. The normalized spacial score (nSPS) is 11.8. The van der Waals surface area contributed by atoms with E-state index in [0.717, 1.165) is 10.5 Å². The molecule has 0 fully saturated rings. The second-order valence-corrected chi connectivity index (χ2v) is 6.09. The average molecular weight is 391 g/mol. The third kappa shape index (κ3) is 6.10. The number of anilines is 1. The van der Waals surface area contributed by atoms with E-state index in [-0.39, 0.29) is 36.5 Å². The minimum Gasteiger partial charge on any atom is -0.481 e. The van der Waals surface area contributed by atoms with Gasteiger partial charge in [-0.25, -0.2) is 4.79 Å². The van der Waals surface area contributed by atoms with Crippen molar-refractivity contribution in [2.24, 2.45) is 0 Å². The van der Waals surface area contributed by atoms with Crippen molar-refractivity contribution in [3.63, 3.8) is 0 Å². The fraction of sp³-hybridized carbons (Fsp3) is 0.438. The zero-order valence-corrected chi connectivity index (χ0v) is 15.0. The molecule has 4 N–H and O–H groups in total. The zero-order chi connectivity index (χ0) is 19.0. The second kappa shape index (κ2) is 10.1. The van der Waals surface area contributed by atoms with E-state index in [0.29, 0.717) is 12.3 Å². The number of aryl methyl sites for hydroxylation is 1. The first-order valence-corrected chi connectivity index (χ1v) is 8.64. The number of carboxylic acid groups (broad SMARTS) is 2. The first kappa shape index (κ1) is 21.1. The van der Waals surface area contributed by atoms with Gasteiger partial charge in [0.2, 0.25) is 0 Å². The summed E-state index contributed by atoms with van der Waals surface area (Å²) in [5.41, 5.74) is 7.12. The van der Waals surface area contributed by atoms with Crippen molar-refractivity contribution in [3.05, 3.63) is 29.3 Å². The molecule has 1 aromatic rings. The molecule has 0 heterocycles. The van der Waals surface area contributed by atoms with Gasteiger partial charge in [0.15, 0.2) is 0 Å². The molecule has 0 saturated heterocycles. The van der Waals surface area contributed by atoms with Gasteiger partial charge in [-0.05, 0) is 30.5 Å². The van der Waals surface area contributed by atoms with Crippen LogP contribution in [0.3, 0.4) is 0 Å². The number of alkyl halides is 2. The number of aliphatic carboxylic acids is 2. The third-order valence-corrected chi connectivity index (χ3v) is 3.97. The van der Waals surface area contributed by atoms with Crippen LogP contribution >= 0.6 is 23.2 Å². The molecule has 1 rings (SSSR count). The first-order chi connectivity index (χ1) is 11.8. The summed E-state index contributed by atoms with van der Waals surface area (Å²) < 4.78 is 0. The monoisotopic (exact) mass is 390 g/mol. The van der Waals surface area contributed by atoms with E-state index in [1.165, 1.54) is 6.07 Å². The summed E-state index contributed by atoms with van der Waals surface area (Å²) in [5, 5.41) is 18.2. The van der Waals surface area contributed by atoms with E-state index in [1.54, 1.807) is 12.1 Å². The van der Waals surface area contributed by atoms with Crippen LogP contribution in [-0.4, -0.2) is 57.3 Å². The van der Waals surface area contributed by atoms with Crippen LogP contribution < -0.4 is 5.73 Å². The predicted molar refractivity (Wildman–Crippen MR) is 95.3 cm³/mol. The van der Waals surface area contributed by atoms with E-state index in [9.17, 15) is 19.5 Å². The van der Waals surface area contributed by atoms with Crippen molar-refractivity contribution in [2.45, 2.75) is 25.3 Å². The van der Waals surface area contributed by atoms with Gasteiger partial charge in [-0.15, -0.1) is 23.2 Å². The third-order valence-electron chi connectivity index (χ3n) is 3.61. The number of carbonyl (C=O) groups excluding carboxylic acids is 1. The van der Waals surface area contributed by atoms with Gasteiger partial charge in [0.05, 0.1) is 5.56 Å². The summed E-state index contributed by atoms with van der Waals surface area (Å²) in [6.07, 6.45) is -0.0211. The first-order valence-electron chi connectivity index (χ1n) is 7.57. The zero-order valence-electron chi connectivity index (χ0n) is 13.5. The highest BCUT2D eigenvalue weighted by atomic mass is 35.5. The molecule has 0 aliphatic rings. The maximum absolute atomic E-state index is 12.8. The van der Waals surface area contributed by atoms with Crippen LogP contribution in [-0.2, 0) is 16.0 Å². The summed E-state index contributed by atoms with van der Waals surface area (Å²) >= 11 is 11.4. The van der Waals surface area contributed by atoms with Crippen LogP contribution in [0.1, 0.15) is 28.8 Å². The number of hydrogen-bond donors (Lipinski definition) is 3. The number of rotatable bonds is 10. The molecule has 1 amide bonds. The van der Waals surface area contributed by atoms with E-state index in [4.69, 9.17) is 34.0 Å². The summed E-state index contributed by atoms with van der Waals surface area (Å²) in [4.78, 5) is 36.1. The highest BCUT2D eigenvalue weighted by molar-refractivity contribution is 6.18. The van der Waals surface area contributed by atoms with Gasteiger partial charge in [0, 0.05) is 30.4 Å². The van der Waals surface area contributed by atoms with Gasteiger partial charge in [-0.1, -0.05) is 6.07 Å². The summed E-state index contributed by atoms with van der Waals surface area (Å²) in [7, 11) is 0. The molecular formula is C16H20Cl2N2O5. The number of amides is 1. The quantitative estimate of drug-likeness (QED) is 0.415. The fourth-order valence-corrected chi connectivity index (χ4v) is 2.79. The lowest BCUT2D eigenvalue weighted by molar-refractivity contribution is -0.143. The Balaban J connectivity index is 3.12. The maximum atomic E-state index is 12.8. The van der Waals surface area contributed by atoms with Crippen molar-refractivity contribution in [1.82, 2.24) is 4.90 Å². The molecule has 25 heavy (non-hydrogen) atoms. The Morgan fingerprint density at radius 3 is 2.32 bits per heavy atom. The predicted octanol–water partition coefficient (Wildman–Crippen LogP) is 2.05. The minimum absolute atomic E-state index is 0.00677. The lowest BCUT2D eigenvalue weighted by Gasteiger charge is -2.28. The van der Waals surface area contributed by atoms with Crippen LogP contribution in [0.15, 0.2) is 18.2 Å². The van der Waals surface area contributed by atoms with Gasteiger partial charge in [-0.3, -0.25) is 9.59 Å². The fourth-order valence-electron chi connectivity index (χ4n) is 2.39. The summed E-state index contributed by atoms with van der Waals surface area (Å²) in [5.74, 6) is -2.63. The highest BCUT2D eigenvalue weighted by Gasteiger charge is 2.31. The molecule has 0 spiro atoms. The SMILES string of the molecule is Nc1cc(CCCl)ccc1C(=O)N(CCCl)[C@@H](CCC(=O)O)C(=O)O. The van der Waals surface area contributed by atoms with Crippen molar-refractivity contribution in [1.29, 1.82) is 0 Å². The minimum atomic E-state index is -1.30. The van der Waals surface area contributed by atoms with Crippen LogP contribution in [0.5, 0.6) is 0 Å². The number of nitrogen functional groups attached to an aromatic ring is 1. The van der Waals surface area contributed by atoms with Gasteiger partial charge >= 0.3 is 11.9 Å². The lowest BCUT2D eigenvalue weighted by atomic mass is 10.0. The molecule has 0 radical (unpaired) electrons. The molecule has 1 aromatic carbocycles. The number of nitrogens with zero attached hydrogens (tertiary/aromatic N) is 1. The number of nitrogens with two attached hydrogens (primary N) is 1. The Labute approximate surface area is 155 Å². The molecular weight excluding hydrogens is 371 g/mol. The van der Waals surface area contributed by atoms with Crippen LogP contribution in [0.4, 0.5) is 5.69 Å². The van der Waals surface area contributed by atoms with Crippen molar-refractivity contribution < 1.29 is 24.6 Å². The summed E-state index contributed by atoms with van der Waals surface area (Å²) in [6, 6.07) is 3.51. The van der Waals surface area contributed by atoms with E-state index < -0.39 is 23.9 Å². The topological polar surface area (TPSA) is 121 Å². The second-order valence-electron chi connectivity index (χ2n) is 5.33. The Bertz CT molecular complexity index is 639. The van der Waals surface area contributed by atoms with Crippen LogP contribution in [0.25, 0.3) is 0 Å². The Kier molecular flexibility index (Phi) is 8.51. The molecule has 0 aliphatic heterocycles. The van der Waals surface area contributed by atoms with Crippen molar-refractivity contribution in [2.75, 3.05) is 24.0 Å². The Morgan fingerprint density at radius 1 is 1.16 bits per heavy atom. The standard InChI is InChI=1S/C16H20Cl2N2O5/c17-6-5-10-1-2-11(12(19)9-10)15(23)20(8-7-18)13(16(24)25)3-4-14(21)22/h1-2,9,13H,3-8,19H2,(H,21,22)(H,24,25)/t13-/m0/s1. The van der Waals surface area contributed by atoms with Gasteiger partial charge in [-0.2, -0.15) is 0 Å². The number of hydrogen-bond acceptors (Lipinski definition) is 4. The lowest BCUT2D eigenvalue weighted by Crippen LogP contribution is -2.46. The number of carboxylic acids is 2. The molecule has 0 aromatic heterocycles. The van der Waals surface area contributed by atoms with Crippen LogP contribution in [0.2, 0.25) is 0 Å². The van der Waals surface area contributed by atoms with Crippen molar-refractivity contribution in [3.8, 4) is 0 Å². The number of carbonyl (C=O) groups is 3. The molecule has 0 aliphatic carbocycles. The van der Waals surface area contributed by atoms with E-state index in [1.807, 2.05) is 0 Å². The van der Waals surface area contributed by atoms with Gasteiger partial charge < -0.3 is 20.8 Å². The van der Waals surface area contributed by atoms with Crippen molar-refractivity contribution >= 4 is 46.7 Å². The van der Waals surface area contributed by atoms with Crippen LogP contribution in [0, 0.1) is 0 Å². The molecule has 7 nitrogen and oxygen atoms in total. The van der Waals surface area contributed by atoms with E-state index >= 15 is 0 Å². The maximum Gasteiger partial charge on any atom is 0.326 e. The Hall–Kier alpha value is -1.99. The molecule has 0 bridgehead atoms. The van der Waals surface area contributed by atoms with E-state index in [2.05, 4.69) is 0 Å². The smallest absolute Gasteiger partial charge is 0.326 e. The Morgan fingerprint density at radius 2 is 1.84 bits per heavy atom. The molecule has 0 unspecified atom stereocenters. The molecule has 138 valence electrons. The molecule has 1 atom stereocenters. The number of benzene rings is 1.